The lowest BCUT2D eigenvalue weighted by molar-refractivity contribution is -0.222. The van der Waals surface area contributed by atoms with Gasteiger partial charge in [0, 0.05) is 37.3 Å². The van der Waals surface area contributed by atoms with E-state index in [2.05, 4.69) is 10.6 Å². The molecule has 1 aromatic carbocycles. The number of carbonyl (C=O) groups excluding carboxylic acids is 3. The van der Waals surface area contributed by atoms with E-state index in [0.717, 1.165) is 5.56 Å². The van der Waals surface area contributed by atoms with Gasteiger partial charge in [0.1, 0.15) is 0 Å². The van der Waals surface area contributed by atoms with E-state index in [0.29, 0.717) is 11.4 Å². The molecule has 25 heavy (non-hydrogen) atoms. The van der Waals surface area contributed by atoms with Crippen LogP contribution in [0.2, 0.25) is 0 Å². The fraction of sp³-hybridized carbons (Fsp3) is 0.389. The number of rotatable bonds is 4. The number of amides is 1. The Labute approximate surface area is 146 Å². The minimum Gasteiger partial charge on any atom is -0.419 e. The molecule has 1 amide bonds. The van der Waals surface area contributed by atoms with Crippen LogP contribution < -0.4 is 10.6 Å². The van der Waals surface area contributed by atoms with E-state index in [9.17, 15) is 14.4 Å². The molecule has 1 saturated heterocycles. The Morgan fingerprint density at radius 2 is 1.76 bits per heavy atom. The first kappa shape index (κ1) is 18.5. The van der Waals surface area contributed by atoms with Crippen LogP contribution in [-0.2, 0) is 23.9 Å². The quantitative estimate of drug-likeness (QED) is 0.495. The molecule has 1 aliphatic rings. The van der Waals surface area contributed by atoms with E-state index in [1.54, 1.807) is 26.0 Å². The topological polar surface area (TPSA) is 93.7 Å². The molecule has 1 heterocycles. The van der Waals surface area contributed by atoms with E-state index >= 15 is 0 Å². The number of cyclic esters (lactones) is 2. The largest absolute Gasteiger partial charge is 0.419 e. The van der Waals surface area contributed by atoms with Gasteiger partial charge in [0.15, 0.2) is 5.57 Å². The van der Waals surface area contributed by atoms with E-state index in [1.165, 1.54) is 20.0 Å². The predicted octanol–water partition coefficient (Wildman–Crippen LogP) is 2.72. The smallest absolute Gasteiger partial charge is 0.350 e. The predicted molar refractivity (Wildman–Crippen MR) is 92.6 cm³/mol. The summed E-state index contributed by atoms with van der Waals surface area (Å²) in [4.78, 5) is 35.6. The first-order valence-electron chi connectivity index (χ1n) is 7.94. The van der Waals surface area contributed by atoms with Gasteiger partial charge in [-0.05, 0) is 24.6 Å². The first-order chi connectivity index (χ1) is 11.6. The zero-order valence-corrected chi connectivity index (χ0v) is 14.9. The van der Waals surface area contributed by atoms with Crippen molar-refractivity contribution in [2.75, 3.05) is 10.6 Å². The number of nitrogens with one attached hydrogen (secondary N) is 2. The second kappa shape index (κ2) is 6.96. The molecule has 1 fully saturated rings. The number of ether oxygens (including phenoxy) is 2. The summed E-state index contributed by atoms with van der Waals surface area (Å²) in [7, 11) is 0. The molecule has 7 heteroatoms. The molecule has 0 saturated carbocycles. The Kier molecular flexibility index (Phi) is 5.15. The van der Waals surface area contributed by atoms with Gasteiger partial charge in [-0.3, -0.25) is 4.79 Å². The second-order valence-corrected chi connectivity index (χ2v) is 6.55. The third-order valence-corrected chi connectivity index (χ3v) is 3.52. The fourth-order valence-corrected chi connectivity index (χ4v) is 2.07. The number of aryl methyl sites for hydroxylation is 1. The summed E-state index contributed by atoms with van der Waals surface area (Å²) in [6.45, 7) is 8.43. The van der Waals surface area contributed by atoms with Crippen LogP contribution in [0.3, 0.4) is 0 Å². The monoisotopic (exact) mass is 346 g/mol. The molecule has 0 radical (unpaired) electrons. The van der Waals surface area contributed by atoms with Crippen molar-refractivity contribution in [1.82, 2.24) is 0 Å². The standard InChI is InChI=1S/C18H22N2O5/c1-10(2)15(21)20-12-7-6-11(3)14(8-12)19-9-13-16(22)24-18(4,5)25-17(13)23/h6-10,19H,1-5H3,(H,20,21). The van der Waals surface area contributed by atoms with Crippen molar-refractivity contribution in [1.29, 1.82) is 0 Å². The maximum atomic E-state index is 11.9. The first-order valence-corrected chi connectivity index (χ1v) is 7.94. The molecule has 2 N–H and O–H groups in total. The van der Waals surface area contributed by atoms with Crippen LogP contribution in [0.25, 0.3) is 0 Å². The average Bonchev–Trinajstić information content (AvgIpc) is 2.48. The molecule has 1 aliphatic heterocycles. The van der Waals surface area contributed by atoms with Crippen LogP contribution in [0.4, 0.5) is 11.4 Å². The molecular formula is C18H22N2O5. The Bertz CT molecular complexity index is 728. The molecule has 0 bridgehead atoms. The molecule has 7 nitrogen and oxygen atoms in total. The maximum absolute atomic E-state index is 11.9. The highest BCUT2D eigenvalue weighted by molar-refractivity contribution is 6.15. The highest BCUT2D eigenvalue weighted by atomic mass is 16.7. The van der Waals surface area contributed by atoms with Gasteiger partial charge in [-0.15, -0.1) is 0 Å². The van der Waals surface area contributed by atoms with Crippen molar-refractivity contribution in [2.45, 2.75) is 40.4 Å². The van der Waals surface area contributed by atoms with Gasteiger partial charge in [-0.2, -0.15) is 0 Å². The lowest BCUT2D eigenvalue weighted by Gasteiger charge is -2.29. The summed E-state index contributed by atoms with van der Waals surface area (Å²) >= 11 is 0. The van der Waals surface area contributed by atoms with Crippen molar-refractivity contribution in [3.05, 3.63) is 35.5 Å². The lowest BCUT2D eigenvalue weighted by atomic mass is 10.1. The summed E-state index contributed by atoms with van der Waals surface area (Å²) in [6, 6.07) is 5.31. The van der Waals surface area contributed by atoms with Crippen LogP contribution in [-0.4, -0.2) is 23.6 Å². The Morgan fingerprint density at radius 1 is 1.16 bits per heavy atom. The number of anilines is 2. The molecule has 0 spiro atoms. The third-order valence-electron chi connectivity index (χ3n) is 3.52. The van der Waals surface area contributed by atoms with Gasteiger partial charge < -0.3 is 20.1 Å². The van der Waals surface area contributed by atoms with Gasteiger partial charge in [0.25, 0.3) is 5.79 Å². The normalized spacial score (nSPS) is 16.2. The highest BCUT2D eigenvalue weighted by Gasteiger charge is 2.38. The number of hydrogen-bond acceptors (Lipinski definition) is 6. The summed E-state index contributed by atoms with van der Waals surface area (Å²) in [6.07, 6.45) is 1.25. The molecule has 0 aliphatic carbocycles. The zero-order valence-electron chi connectivity index (χ0n) is 14.9. The minimum atomic E-state index is -1.28. The molecule has 0 aromatic heterocycles. The molecule has 0 atom stereocenters. The SMILES string of the molecule is Cc1ccc(NC(=O)C(C)C)cc1NC=C1C(=O)OC(C)(C)OC1=O. The van der Waals surface area contributed by atoms with E-state index in [1.807, 2.05) is 13.0 Å². The summed E-state index contributed by atoms with van der Waals surface area (Å²) in [5.41, 5.74) is 1.90. The summed E-state index contributed by atoms with van der Waals surface area (Å²) < 4.78 is 10.1. The van der Waals surface area contributed by atoms with Crippen LogP contribution >= 0.6 is 0 Å². The van der Waals surface area contributed by atoms with Crippen molar-refractivity contribution in [3.8, 4) is 0 Å². The lowest BCUT2D eigenvalue weighted by Crippen LogP contribution is -2.42. The molecular weight excluding hydrogens is 324 g/mol. The third kappa shape index (κ3) is 4.59. The Hall–Kier alpha value is -2.83. The zero-order chi connectivity index (χ0) is 18.8. The van der Waals surface area contributed by atoms with Crippen LogP contribution in [0.1, 0.15) is 33.3 Å². The van der Waals surface area contributed by atoms with Gasteiger partial charge in [-0.1, -0.05) is 19.9 Å². The summed E-state index contributed by atoms with van der Waals surface area (Å²) in [5, 5.41) is 5.69. The van der Waals surface area contributed by atoms with E-state index in [-0.39, 0.29) is 17.4 Å². The molecule has 2 rings (SSSR count). The Morgan fingerprint density at radius 3 is 2.32 bits per heavy atom. The summed E-state index contributed by atoms with van der Waals surface area (Å²) in [5.74, 6) is -3.03. The molecule has 1 aromatic rings. The number of hydrogen-bond donors (Lipinski definition) is 2. The number of carbonyl (C=O) groups is 3. The van der Waals surface area contributed by atoms with E-state index in [4.69, 9.17) is 9.47 Å². The molecule has 134 valence electrons. The number of benzene rings is 1. The van der Waals surface area contributed by atoms with Crippen molar-refractivity contribution < 1.29 is 23.9 Å². The number of esters is 2. The second-order valence-electron chi connectivity index (χ2n) is 6.55. The molecule has 0 unspecified atom stereocenters. The minimum absolute atomic E-state index is 0.102. The van der Waals surface area contributed by atoms with Crippen molar-refractivity contribution in [3.63, 3.8) is 0 Å². The van der Waals surface area contributed by atoms with Gasteiger partial charge in [0.05, 0.1) is 0 Å². The van der Waals surface area contributed by atoms with Gasteiger partial charge in [0.2, 0.25) is 5.91 Å². The van der Waals surface area contributed by atoms with Crippen molar-refractivity contribution in [2.24, 2.45) is 5.92 Å². The van der Waals surface area contributed by atoms with E-state index < -0.39 is 17.7 Å². The fourth-order valence-electron chi connectivity index (χ4n) is 2.07. The Balaban J connectivity index is 2.18. The van der Waals surface area contributed by atoms with Crippen molar-refractivity contribution >= 4 is 29.2 Å². The van der Waals surface area contributed by atoms with Crippen LogP contribution in [0.5, 0.6) is 0 Å². The van der Waals surface area contributed by atoms with Gasteiger partial charge in [-0.25, -0.2) is 9.59 Å². The van der Waals surface area contributed by atoms with Crippen LogP contribution in [0.15, 0.2) is 30.0 Å². The average molecular weight is 346 g/mol. The maximum Gasteiger partial charge on any atom is 0.350 e. The van der Waals surface area contributed by atoms with Crippen LogP contribution in [0, 0.1) is 12.8 Å². The van der Waals surface area contributed by atoms with Gasteiger partial charge >= 0.3 is 11.9 Å². The highest BCUT2D eigenvalue weighted by Crippen LogP contribution is 2.24.